The van der Waals surface area contributed by atoms with E-state index in [1.165, 1.54) is 0 Å². The molecule has 0 aromatic heterocycles. The standard InChI is InChI=1S/FH.H3O4P.V/c;1-5(2,3)4;/h1H;(H3,1,2,3,4);/q;;+4/p-4. The van der Waals surface area contributed by atoms with E-state index in [2.05, 4.69) is 0 Å². The Balaban J connectivity index is -0.0000000800. The van der Waals surface area contributed by atoms with Crippen molar-refractivity contribution in [3.05, 3.63) is 0 Å². The molecule has 0 aliphatic carbocycles. The van der Waals surface area contributed by atoms with Crippen LogP contribution in [0.5, 0.6) is 0 Å². The number of phosphoric acid groups is 1. The smallest absolute Gasteiger partial charge is 1.00 e. The van der Waals surface area contributed by atoms with E-state index in [0.717, 1.165) is 0 Å². The average Bonchev–Trinajstić information content (AvgIpc) is 0.722. The van der Waals surface area contributed by atoms with Gasteiger partial charge in [-0.25, -0.2) is 0 Å². The van der Waals surface area contributed by atoms with Crippen LogP contribution >= 0.6 is 7.82 Å². The molecule has 0 aromatic carbocycles. The third-order valence-electron chi connectivity index (χ3n) is 0. The summed E-state index contributed by atoms with van der Waals surface area (Å²) in [5.41, 5.74) is 0. The fourth-order valence-corrected chi connectivity index (χ4v) is 0. The molecule has 0 amide bonds. The van der Waals surface area contributed by atoms with Crippen LogP contribution in [0.3, 0.4) is 0 Å². The fraction of sp³-hybridized carbons (Fsp3) is 0. The van der Waals surface area contributed by atoms with Gasteiger partial charge in [-0.1, -0.05) is 0 Å². The molecule has 0 spiro atoms. The molecule has 1 radical (unpaired) electrons. The molecule has 0 fully saturated rings. The van der Waals surface area contributed by atoms with E-state index in [9.17, 15) is 0 Å². The summed E-state index contributed by atoms with van der Waals surface area (Å²) in [5.74, 6) is 0. The zero-order chi connectivity index (χ0) is 4.50. The van der Waals surface area contributed by atoms with Crippen molar-refractivity contribution in [3.63, 3.8) is 0 Å². The van der Waals surface area contributed by atoms with Crippen molar-refractivity contribution in [1.82, 2.24) is 0 Å². The summed E-state index contributed by atoms with van der Waals surface area (Å²) >= 11 is 0. The van der Waals surface area contributed by atoms with Gasteiger partial charge in [-0.2, -0.15) is 7.82 Å². The van der Waals surface area contributed by atoms with Gasteiger partial charge in [-0.3, -0.25) is 0 Å². The van der Waals surface area contributed by atoms with Gasteiger partial charge in [0.1, 0.15) is 0 Å². The fourth-order valence-electron chi connectivity index (χ4n) is 0. The molecule has 0 saturated carbocycles. The van der Waals surface area contributed by atoms with Crippen LogP contribution < -0.4 is 19.4 Å². The van der Waals surface area contributed by atoms with Gasteiger partial charge in [0.2, 0.25) is 0 Å². The zero-order valence-corrected chi connectivity index (χ0v) is 5.20. The predicted molar refractivity (Wildman–Crippen MR) is 7.61 cm³/mol. The van der Waals surface area contributed by atoms with E-state index >= 15 is 0 Å². The maximum absolute atomic E-state index is 8.55. The maximum Gasteiger partial charge on any atom is 4.00 e. The first-order chi connectivity index (χ1) is 2.00. The zero-order valence-electron chi connectivity index (χ0n) is 2.91. The largest absolute Gasteiger partial charge is 4.00 e. The molecule has 7 heteroatoms. The maximum atomic E-state index is 8.55. The third-order valence-corrected chi connectivity index (χ3v) is 0. The minimum absolute atomic E-state index is 0. The minimum atomic E-state index is -5.39. The first kappa shape index (κ1) is 15.6. The molecule has 0 unspecified atom stereocenters. The summed E-state index contributed by atoms with van der Waals surface area (Å²) < 4.78 is 8.55. The first-order valence-electron chi connectivity index (χ1n) is 0.730. The Morgan fingerprint density at radius 1 is 1.14 bits per heavy atom. The third kappa shape index (κ3) is 363. The molecule has 0 aromatic rings. The van der Waals surface area contributed by atoms with Gasteiger partial charge in [0.05, 0.1) is 0 Å². The van der Waals surface area contributed by atoms with Crippen molar-refractivity contribution in [3.8, 4) is 0 Å². The summed E-state index contributed by atoms with van der Waals surface area (Å²) in [5, 5.41) is 0. The second-order valence-corrected chi connectivity index (χ2v) is 1.34. The van der Waals surface area contributed by atoms with Crippen LogP contribution in [0.2, 0.25) is 0 Å². The van der Waals surface area contributed by atoms with Gasteiger partial charge in [-0.15, -0.1) is 0 Å². The van der Waals surface area contributed by atoms with Crippen LogP contribution in [0.1, 0.15) is 0 Å². The van der Waals surface area contributed by atoms with E-state index in [1.807, 2.05) is 0 Å². The van der Waals surface area contributed by atoms with E-state index in [1.54, 1.807) is 0 Å². The van der Waals surface area contributed by atoms with Crippen LogP contribution in [-0.2, 0) is 23.1 Å². The van der Waals surface area contributed by atoms with Crippen molar-refractivity contribution in [2.75, 3.05) is 0 Å². The molecule has 0 atom stereocenters. The topological polar surface area (TPSA) is 86.2 Å². The number of halogens is 1. The summed E-state index contributed by atoms with van der Waals surface area (Å²) in [6.45, 7) is 0. The first-order valence-corrected chi connectivity index (χ1v) is 2.19. The summed E-state index contributed by atoms with van der Waals surface area (Å²) in [7, 11) is -5.39. The van der Waals surface area contributed by atoms with Crippen LogP contribution in [0.4, 0.5) is 0 Å². The molecule has 7 heavy (non-hydrogen) atoms. The van der Waals surface area contributed by atoms with Crippen LogP contribution in [0.15, 0.2) is 0 Å². The Bertz CT molecular complexity index is 57.8. The van der Waals surface area contributed by atoms with Crippen molar-refractivity contribution in [2.45, 2.75) is 0 Å². The van der Waals surface area contributed by atoms with Crippen molar-refractivity contribution in [2.24, 2.45) is 0 Å². The molecular weight excluding hydrogens is 165 g/mol. The average molecular weight is 165 g/mol. The molecule has 0 saturated heterocycles. The Labute approximate surface area is 51.0 Å². The van der Waals surface area contributed by atoms with E-state index in [-0.39, 0.29) is 23.3 Å². The summed E-state index contributed by atoms with van der Waals surface area (Å²) in [6.07, 6.45) is 0. The molecule has 41 valence electrons. The molecule has 0 bridgehead atoms. The van der Waals surface area contributed by atoms with Crippen molar-refractivity contribution >= 4 is 7.82 Å². The molecule has 0 aliphatic rings. The molecule has 0 N–H and O–H groups in total. The normalized spacial score (nSPS) is 8.43. The molecule has 4 nitrogen and oxygen atoms in total. The molecule has 0 heterocycles. The number of rotatable bonds is 0. The van der Waals surface area contributed by atoms with Gasteiger partial charge >= 0.3 is 18.6 Å². The Morgan fingerprint density at radius 2 is 1.14 bits per heavy atom. The molecular formula is FO4PV. The SMILES string of the molecule is O=P([O-])([O-])[O-].[F-].[V+4]. The molecule has 0 rings (SSSR count). The minimum Gasteiger partial charge on any atom is -1.00 e. The predicted octanol–water partition coefficient (Wildman–Crippen LogP) is -5.82. The van der Waals surface area contributed by atoms with Crippen molar-refractivity contribution in [1.29, 1.82) is 0 Å². The van der Waals surface area contributed by atoms with E-state index in [4.69, 9.17) is 19.2 Å². The van der Waals surface area contributed by atoms with Crippen LogP contribution in [-0.4, -0.2) is 0 Å². The van der Waals surface area contributed by atoms with Crippen LogP contribution in [0.25, 0.3) is 0 Å². The summed E-state index contributed by atoms with van der Waals surface area (Å²) in [4.78, 5) is 25.6. The second-order valence-electron chi connectivity index (χ2n) is 0.447. The van der Waals surface area contributed by atoms with Gasteiger partial charge in [-0.05, 0) is 0 Å². The van der Waals surface area contributed by atoms with E-state index < -0.39 is 7.82 Å². The Hall–Kier alpha value is 0.624. The monoisotopic (exact) mass is 165 g/mol. The Morgan fingerprint density at radius 3 is 1.14 bits per heavy atom. The number of hydrogen-bond donors (Lipinski definition) is 0. The summed E-state index contributed by atoms with van der Waals surface area (Å²) in [6, 6.07) is 0. The number of hydrogen-bond acceptors (Lipinski definition) is 4. The second kappa shape index (κ2) is 4.78. The Kier molecular flexibility index (Phi) is 10.7. The van der Waals surface area contributed by atoms with Gasteiger partial charge in [0.15, 0.2) is 0 Å². The van der Waals surface area contributed by atoms with Gasteiger partial charge in [0, 0.05) is 0 Å². The van der Waals surface area contributed by atoms with Crippen LogP contribution in [0, 0.1) is 0 Å². The van der Waals surface area contributed by atoms with E-state index in [0.29, 0.717) is 0 Å². The molecule has 0 aliphatic heterocycles. The van der Waals surface area contributed by atoms with Gasteiger partial charge < -0.3 is 23.9 Å². The van der Waals surface area contributed by atoms with Gasteiger partial charge in [0.25, 0.3) is 0 Å². The van der Waals surface area contributed by atoms with Crippen molar-refractivity contribution < 1.29 is 42.5 Å². The quantitative estimate of drug-likeness (QED) is 0.334.